The van der Waals surface area contributed by atoms with Crippen molar-refractivity contribution in [2.24, 2.45) is 5.73 Å². The normalized spacial score (nSPS) is 15.5. The minimum absolute atomic E-state index is 0.0475. The number of ether oxygens (including phenoxy) is 1. The quantitative estimate of drug-likeness (QED) is 0.218. The van der Waals surface area contributed by atoms with Crippen LogP contribution in [-0.2, 0) is 28.0 Å². The van der Waals surface area contributed by atoms with Gasteiger partial charge in [0.1, 0.15) is 33.8 Å². The first-order valence-electron chi connectivity index (χ1n) is 13.6. The number of sulfonamides is 1. The number of halogens is 2. The lowest BCUT2D eigenvalue weighted by Gasteiger charge is -2.24. The van der Waals surface area contributed by atoms with Gasteiger partial charge in [0.05, 0.1) is 5.02 Å². The minimum Gasteiger partial charge on any atom is -0.487 e. The maximum atomic E-state index is 13.9. The summed E-state index contributed by atoms with van der Waals surface area (Å²) in [6.45, 7) is 4.22. The molecule has 1 aliphatic heterocycles. The Morgan fingerprint density at radius 2 is 1.91 bits per heavy atom. The summed E-state index contributed by atoms with van der Waals surface area (Å²) >= 11 is 18.2. The predicted octanol–water partition coefficient (Wildman–Crippen LogP) is 5.84. The van der Waals surface area contributed by atoms with Gasteiger partial charge < -0.3 is 15.8 Å². The van der Waals surface area contributed by atoms with E-state index in [1.165, 1.54) is 16.4 Å². The monoisotopic (exact) mass is 656 g/mol. The van der Waals surface area contributed by atoms with Crippen molar-refractivity contribution in [2.75, 3.05) is 6.54 Å². The van der Waals surface area contributed by atoms with Crippen LogP contribution in [0.1, 0.15) is 40.8 Å². The molecule has 1 fully saturated rings. The number of benzene rings is 3. The van der Waals surface area contributed by atoms with Gasteiger partial charge in [-0.3, -0.25) is 4.79 Å². The summed E-state index contributed by atoms with van der Waals surface area (Å²) < 4.78 is 35.1. The number of carbonyl (C=O) groups is 1. The number of carbonyl (C=O) groups excluding carboxylic acids is 1. The molecular weight excluding hydrogens is 627 g/mol. The summed E-state index contributed by atoms with van der Waals surface area (Å²) in [5.41, 5.74) is 10.1. The molecule has 0 bridgehead atoms. The van der Waals surface area contributed by atoms with Crippen molar-refractivity contribution in [3.63, 3.8) is 0 Å². The van der Waals surface area contributed by atoms with Gasteiger partial charge in [-0.1, -0.05) is 65.8 Å². The first-order valence-corrected chi connectivity index (χ1v) is 16.2. The number of nitrogens with zero attached hydrogens (tertiary/aromatic N) is 2. The molecule has 1 aliphatic rings. The molecule has 5 rings (SSSR count). The molecule has 0 saturated carbocycles. The predicted molar refractivity (Wildman–Crippen MR) is 173 cm³/mol. The Kier molecular flexibility index (Phi) is 9.24. The highest BCUT2D eigenvalue weighted by atomic mass is 35.5. The van der Waals surface area contributed by atoms with E-state index in [0.717, 1.165) is 22.2 Å². The van der Waals surface area contributed by atoms with Crippen molar-refractivity contribution in [1.29, 1.82) is 0 Å². The molecule has 4 aromatic rings. The fraction of sp³-hybridized carbons (Fsp3) is 0.258. The average Bonchev–Trinajstić information content (AvgIpc) is 3.47. The van der Waals surface area contributed by atoms with E-state index in [0.29, 0.717) is 35.2 Å². The van der Waals surface area contributed by atoms with Crippen LogP contribution in [0.3, 0.4) is 0 Å². The molecule has 0 spiro atoms. The van der Waals surface area contributed by atoms with Crippen molar-refractivity contribution < 1.29 is 17.9 Å². The number of nitrogens with one attached hydrogen (secondary N) is 1. The Morgan fingerprint density at radius 1 is 1.14 bits per heavy atom. The van der Waals surface area contributed by atoms with Crippen molar-refractivity contribution >= 4 is 67.2 Å². The Labute approximate surface area is 266 Å². The first kappa shape index (κ1) is 31.2. The van der Waals surface area contributed by atoms with Gasteiger partial charge in [-0.2, -0.15) is 4.31 Å². The van der Waals surface area contributed by atoms with E-state index in [-0.39, 0.29) is 39.6 Å². The van der Waals surface area contributed by atoms with E-state index in [1.807, 2.05) is 38.1 Å². The maximum absolute atomic E-state index is 13.9. The van der Waals surface area contributed by atoms with Crippen LogP contribution < -0.4 is 15.8 Å². The van der Waals surface area contributed by atoms with Crippen LogP contribution in [0.5, 0.6) is 5.75 Å². The van der Waals surface area contributed by atoms with Gasteiger partial charge in [0.15, 0.2) is 0 Å². The molecule has 12 heteroatoms. The number of aryl methyl sites for hydroxylation is 2. The molecule has 1 amide bonds. The van der Waals surface area contributed by atoms with E-state index in [2.05, 4.69) is 10.3 Å². The summed E-state index contributed by atoms with van der Waals surface area (Å²) in [6, 6.07) is 16.8. The topological polar surface area (TPSA) is 115 Å². The van der Waals surface area contributed by atoms with Gasteiger partial charge in [-0.05, 0) is 68.1 Å². The van der Waals surface area contributed by atoms with Gasteiger partial charge in [-0.15, -0.1) is 0 Å². The Morgan fingerprint density at radius 3 is 2.67 bits per heavy atom. The molecule has 1 saturated heterocycles. The highest BCUT2D eigenvalue weighted by Crippen LogP contribution is 2.36. The summed E-state index contributed by atoms with van der Waals surface area (Å²) in [4.78, 5) is 17.9. The van der Waals surface area contributed by atoms with Crippen LogP contribution >= 0.6 is 35.4 Å². The van der Waals surface area contributed by atoms with Gasteiger partial charge in [0, 0.05) is 40.3 Å². The van der Waals surface area contributed by atoms with Crippen LogP contribution in [0.25, 0.3) is 10.9 Å². The molecule has 43 heavy (non-hydrogen) atoms. The zero-order chi connectivity index (χ0) is 30.9. The molecule has 0 radical (unpaired) electrons. The number of amides is 1. The fourth-order valence-electron chi connectivity index (χ4n) is 5.29. The number of aromatic nitrogens is 1. The molecular formula is C31H30Cl2N4O4S2. The van der Waals surface area contributed by atoms with Gasteiger partial charge in [0.2, 0.25) is 15.9 Å². The number of pyridine rings is 1. The van der Waals surface area contributed by atoms with Gasteiger partial charge >= 0.3 is 0 Å². The molecule has 0 unspecified atom stereocenters. The second-order valence-corrected chi connectivity index (χ2v) is 13.5. The van der Waals surface area contributed by atoms with Crippen LogP contribution in [0.4, 0.5) is 0 Å². The summed E-state index contributed by atoms with van der Waals surface area (Å²) in [6.07, 6.45) is 0.911. The number of nitrogens with two attached hydrogens (primary N) is 1. The largest absolute Gasteiger partial charge is 0.487 e. The lowest BCUT2D eigenvalue weighted by molar-refractivity contribution is -0.124. The Balaban J connectivity index is 1.36. The highest BCUT2D eigenvalue weighted by Gasteiger charge is 2.40. The molecule has 2 heterocycles. The smallest absolute Gasteiger partial charge is 0.245 e. The molecule has 1 atom stereocenters. The lowest BCUT2D eigenvalue weighted by atomic mass is 10.1. The van der Waals surface area contributed by atoms with Crippen LogP contribution in [0.15, 0.2) is 65.6 Å². The number of hydrogen-bond acceptors (Lipinski definition) is 6. The third kappa shape index (κ3) is 6.49. The summed E-state index contributed by atoms with van der Waals surface area (Å²) in [7, 11) is -4.15. The third-order valence-electron chi connectivity index (χ3n) is 7.43. The molecule has 0 aliphatic carbocycles. The number of hydrogen-bond donors (Lipinski definition) is 2. The van der Waals surface area contributed by atoms with E-state index in [1.54, 1.807) is 24.3 Å². The second kappa shape index (κ2) is 12.8. The fourth-order valence-corrected chi connectivity index (χ4v) is 7.93. The SMILES string of the molecule is Cc1cc(C)c2cccc(OCc3c(Cl)ccc(S(=O)(=O)N4CCC[C@H]4C(=O)NCc4cccc(C(N)=S)c4)c3Cl)c2n1. The van der Waals surface area contributed by atoms with Crippen molar-refractivity contribution in [3.05, 3.63) is 98.7 Å². The molecule has 224 valence electrons. The van der Waals surface area contributed by atoms with Gasteiger partial charge in [-0.25, -0.2) is 13.4 Å². The number of thiocarbonyl (C=S) groups is 1. The van der Waals surface area contributed by atoms with Crippen molar-refractivity contribution in [3.8, 4) is 5.75 Å². The molecule has 3 N–H and O–H groups in total. The molecule has 3 aromatic carbocycles. The summed E-state index contributed by atoms with van der Waals surface area (Å²) in [5.74, 6) is 0.129. The summed E-state index contributed by atoms with van der Waals surface area (Å²) in [5, 5.41) is 4.01. The number of para-hydroxylation sites is 1. The van der Waals surface area contributed by atoms with Crippen molar-refractivity contribution in [1.82, 2.24) is 14.6 Å². The molecule has 8 nitrogen and oxygen atoms in total. The second-order valence-electron chi connectivity index (χ2n) is 10.4. The number of fused-ring (bicyclic) bond motifs is 1. The van der Waals surface area contributed by atoms with Gasteiger partial charge in [0.25, 0.3) is 0 Å². The molecule has 1 aromatic heterocycles. The minimum atomic E-state index is -4.15. The standard InChI is InChI=1S/C31H30Cl2N4O4S2/c1-18-14-19(2)36-29-22(18)8-4-10-26(29)41-17-23-24(32)11-12-27(28(23)33)43(39,40)37-13-5-9-25(37)31(38)35-16-20-6-3-7-21(15-20)30(34)42/h3-4,6-8,10-12,14-15,25H,5,9,13,16-17H2,1-2H3,(H2,34,42)(H,35,38)/t25-/m0/s1. The van der Waals surface area contributed by atoms with Crippen LogP contribution in [0, 0.1) is 13.8 Å². The van der Waals surface area contributed by atoms with Crippen molar-refractivity contribution in [2.45, 2.75) is 50.8 Å². The maximum Gasteiger partial charge on any atom is 0.245 e. The highest BCUT2D eigenvalue weighted by molar-refractivity contribution is 7.89. The van der Waals surface area contributed by atoms with E-state index in [4.69, 9.17) is 45.9 Å². The van der Waals surface area contributed by atoms with E-state index >= 15 is 0 Å². The lowest BCUT2D eigenvalue weighted by Crippen LogP contribution is -2.45. The number of rotatable bonds is 9. The Hall–Kier alpha value is -3.28. The zero-order valence-electron chi connectivity index (χ0n) is 23.6. The van der Waals surface area contributed by atoms with E-state index < -0.39 is 22.0 Å². The van der Waals surface area contributed by atoms with Crippen LogP contribution in [0.2, 0.25) is 10.0 Å². The average molecular weight is 658 g/mol. The van der Waals surface area contributed by atoms with Crippen LogP contribution in [-0.4, -0.2) is 41.2 Å². The van der Waals surface area contributed by atoms with E-state index in [9.17, 15) is 13.2 Å². The first-order chi connectivity index (χ1) is 20.5. The Bertz CT molecular complexity index is 1850. The third-order valence-corrected chi connectivity index (χ3v) is 10.5. The zero-order valence-corrected chi connectivity index (χ0v) is 26.7.